The van der Waals surface area contributed by atoms with Crippen molar-refractivity contribution in [3.05, 3.63) is 11.1 Å². The molecule has 1 amide bonds. The lowest BCUT2D eigenvalue weighted by molar-refractivity contribution is -0.135. The van der Waals surface area contributed by atoms with Gasteiger partial charge in [-0.2, -0.15) is 0 Å². The molecule has 0 aliphatic carbocycles. The first kappa shape index (κ1) is 13.9. The van der Waals surface area contributed by atoms with Crippen molar-refractivity contribution in [1.82, 2.24) is 10.3 Å². The summed E-state index contributed by atoms with van der Waals surface area (Å²) in [5, 5.41) is 5.01. The van der Waals surface area contributed by atoms with Crippen molar-refractivity contribution in [2.75, 3.05) is 20.0 Å². The van der Waals surface area contributed by atoms with Crippen LogP contribution < -0.4 is 11.1 Å². The molecule has 0 saturated heterocycles. The first-order valence-electron chi connectivity index (χ1n) is 5.11. The van der Waals surface area contributed by atoms with E-state index in [4.69, 9.17) is 15.2 Å². The Morgan fingerprint density at radius 3 is 2.71 bits per heavy atom. The molecular weight excluding hydrogens is 242 g/mol. The molecule has 0 aliphatic rings. The Bertz CT molecular complexity index is 365. The van der Waals surface area contributed by atoms with Gasteiger partial charge in [-0.25, -0.2) is 4.98 Å². The van der Waals surface area contributed by atoms with Gasteiger partial charge in [0.2, 0.25) is 5.91 Å². The number of aromatic nitrogens is 1. The highest BCUT2D eigenvalue weighted by molar-refractivity contribution is 7.13. The predicted molar refractivity (Wildman–Crippen MR) is 65.6 cm³/mol. The Morgan fingerprint density at radius 2 is 2.24 bits per heavy atom. The molecule has 0 spiro atoms. The number of carbonyl (C=O) groups is 1. The Balaban J connectivity index is 2.44. The molecule has 0 aliphatic heterocycles. The minimum atomic E-state index is -0.459. The quantitative estimate of drug-likeness (QED) is 0.722. The zero-order valence-electron chi connectivity index (χ0n) is 10.1. The van der Waals surface area contributed by atoms with Crippen LogP contribution in [-0.2, 0) is 20.7 Å². The molecule has 3 N–H and O–H groups in total. The van der Waals surface area contributed by atoms with Crippen molar-refractivity contribution in [3.8, 4) is 0 Å². The first-order valence-corrected chi connectivity index (χ1v) is 5.99. The standard InChI is InChI=1S/C10H17N3O3S/c1-6(9(15-2)16-3)12-8(14)4-7-5-17-10(11)13-7/h5-6,9H,4H2,1-3H3,(H2,11,13)(H,12,14). The average molecular weight is 259 g/mol. The number of nitrogen functional groups attached to an aromatic ring is 1. The summed E-state index contributed by atoms with van der Waals surface area (Å²) in [5.74, 6) is -0.137. The largest absolute Gasteiger partial charge is 0.375 e. The monoisotopic (exact) mass is 259 g/mol. The molecule has 1 unspecified atom stereocenters. The first-order chi connectivity index (χ1) is 8.06. The number of methoxy groups -OCH3 is 2. The fourth-order valence-electron chi connectivity index (χ4n) is 1.45. The van der Waals surface area contributed by atoms with Crippen LogP contribution in [0.5, 0.6) is 0 Å². The average Bonchev–Trinajstić information content (AvgIpc) is 2.65. The summed E-state index contributed by atoms with van der Waals surface area (Å²) in [7, 11) is 3.05. The Labute approximate surface area is 104 Å². The number of thiazole rings is 1. The molecule has 1 atom stereocenters. The van der Waals surface area contributed by atoms with E-state index >= 15 is 0 Å². The SMILES string of the molecule is COC(OC)C(C)NC(=O)Cc1csc(N)n1. The zero-order valence-corrected chi connectivity index (χ0v) is 10.9. The molecule has 0 fully saturated rings. The van der Waals surface area contributed by atoms with Gasteiger partial charge in [-0.3, -0.25) is 4.79 Å². The van der Waals surface area contributed by atoms with Gasteiger partial charge in [0.25, 0.3) is 0 Å². The molecule has 96 valence electrons. The van der Waals surface area contributed by atoms with Crippen LogP contribution in [0.2, 0.25) is 0 Å². The number of nitrogens with two attached hydrogens (primary N) is 1. The molecule has 6 nitrogen and oxygen atoms in total. The number of rotatable bonds is 6. The number of nitrogens with zero attached hydrogens (tertiary/aromatic N) is 1. The highest BCUT2D eigenvalue weighted by atomic mass is 32.1. The van der Waals surface area contributed by atoms with Crippen LogP contribution in [0.15, 0.2) is 5.38 Å². The normalized spacial score (nSPS) is 12.7. The third-order valence-electron chi connectivity index (χ3n) is 2.17. The van der Waals surface area contributed by atoms with Crippen molar-refractivity contribution in [1.29, 1.82) is 0 Å². The maximum atomic E-state index is 11.7. The van der Waals surface area contributed by atoms with E-state index in [9.17, 15) is 4.79 Å². The van der Waals surface area contributed by atoms with E-state index in [0.717, 1.165) is 0 Å². The highest BCUT2D eigenvalue weighted by Gasteiger charge is 2.18. The fraction of sp³-hybridized carbons (Fsp3) is 0.600. The van der Waals surface area contributed by atoms with Crippen LogP contribution in [0.1, 0.15) is 12.6 Å². The summed E-state index contributed by atoms with van der Waals surface area (Å²) in [5.41, 5.74) is 6.15. The Kier molecular flexibility index (Phi) is 5.33. The minimum absolute atomic E-state index is 0.137. The highest BCUT2D eigenvalue weighted by Crippen LogP contribution is 2.11. The van der Waals surface area contributed by atoms with Crippen molar-refractivity contribution in [2.24, 2.45) is 0 Å². The summed E-state index contributed by atoms with van der Waals surface area (Å²) in [4.78, 5) is 15.7. The second kappa shape index (κ2) is 6.53. The van der Waals surface area contributed by atoms with Crippen LogP contribution in [0.4, 0.5) is 5.13 Å². The third kappa shape index (κ3) is 4.29. The lowest BCUT2D eigenvalue weighted by atomic mass is 10.2. The number of carbonyl (C=O) groups excluding carboxylic acids is 1. The number of amides is 1. The molecule has 1 rings (SSSR count). The van der Waals surface area contributed by atoms with Crippen LogP contribution >= 0.6 is 11.3 Å². The van der Waals surface area contributed by atoms with E-state index < -0.39 is 6.29 Å². The summed E-state index contributed by atoms with van der Waals surface area (Å²) in [6.07, 6.45) is -0.252. The maximum Gasteiger partial charge on any atom is 0.226 e. The lowest BCUT2D eigenvalue weighted by Gasteiger charge is -2.21. The van der Waals surface area contributed by atoms with Crippen molar-refractivity contribution < 1.29 is 14.3 Å². The molecule has 1 heterocycles. The van der Waals surface area contributed by atoms with Crippen LogP contribution in [0, 0.1) is 0 Å². The van der Waals surface area contributed by atoms with E-state index in [1.807, 2.05) is 6.92 Å². The number of hydrogen-bond donors (Lipinski definition) is 2. The Hall–Kier alpha value is -1.18. The molecular formula is C10H17N3O3S. The van der Waals surface area contributed by atoms with Gasteiger partial charge >= 0.3 is 0 Å². The summed E-state index contributed by atoms with van der Waals surface area (Å²) in [6.45, 7) is 1.81. The smallest absolute Gasteiger partial charge is 0.226 e. The molecule has 1 aromatic heterocycles. The van der Waals surface area contributed by atoms with Gasteiger partial charge in [-0.15, -0.1) is 11.3 Å². The number of anilines is 1. The van der Waals surface area contributed by atoms with Gasteiger partial charge in [0.05, 0.1) is 18.2 Å². The fourth-order valence-corrected chi connectivity index (χ4v) is 2.01. The van der Waals surface area contributed by atoms with Crippen molar-refractivity contribution in [2.45, 2.75) is 25.7 Å². The zero-order chi connectivity index (χ0) is 12.8. The molecule has 17 heavy (non-hydrogen) atoms. The summed E-state index contributed by atoms with van der Waals surface area (Å²) in [6, 6.07) is -0.228. The minimum Gasteiger partial charge on any atom is -0.375 e. The maximum absolute atomic E-state index is 11.7. The second-order valence-corrected chi connectivity index (χ2v) is 4.44. The van der Waals surface area contributed by atoms with Crippen LogP contribution in [-0.4, -0.2) is 37.4 Å². The van der Waals surface area contributed by atoms with Gasteiger partial charge in [0, 0.05) is 19.6 Å². The molecule has 7 heteroatoms. The molecule has 1 aromatic rings. The van der Waals surface area contributed by atoms with E-state index in [-0.39, 0.29) is 18.4 Å². The number of hydrogen-bond acceptors (Lipinski definition) is 6. The van der Waals surface area contributed by atoms with Gasteiger partial charge in [-0.05, 0) is 6.92 Å². The van der Waals surface area contributed by atoms with Crippen molar-refractivity contribution in [3.63, 3.8) is 0 Å². The topological polar surface area (TPSA) is 86.5 Å². The van der Waals surface area contributed by atoms with E-state index in [1.165, 1.54) is 25.6 Å². The van der Waals surface area contributed by atoms with Gasteiger partial charge in [0.1, 0.15) is 0 Å². The van der Waals surface area contributed by atoms with Crippen molar-refractivity contribution >= 4 is 22.4 Å². The third-order valence-corrected chi connectivity index (χ3v) is 2.90. The second-order valence-electron chi connectivity index (χ2n) is 3.55. The van der Waals surface area contributed by atoms with Crippen LogP contribution in [0.3, 0.4) is 0 Å². The Morgan fingerprint density at radius 1 is 1.59 bits per heavy atom. The van der Waals surface area contributed by atoms with Gasteiger partial charge < -0.3 is 20.5 Å². The molecule has 0 saturated carbocycles. The number of nitrogens with one attached hydrogen (secondary N) is 1. The summed E-state index contributed by atoms with van der Waals surface area (Å²) < 4.78 is 10.1. The molecule has 0 aromatic carbocycles. The lowest BCUT2D eigenvalue weighted by Crippen LogP contribution is -2.43. The summed E-state index contributed by atoms with van der Waals surface area (Å²) >= 11 is 1.32. The van der Waals surface area contributed by atoms with Gasteiger partial charge in [0.15, 0.2) is 11.4 Å². The van der Waals surface area contributed by atoms with E-state index in [0.29, 0.717) is 10.8 Å². The van der Waals surface area contributed by atoms with E-state index in [1.54, 1.807) is 5.38 Å². The predicted octanol–water partition coefficient (Wildman–Crippen LogP) is 0.391. The van der Waals surface area contributed by atoms with E-state index in [2.05, 4.69) is 10.3 Å². The molecule has 0 radical (unpaired) electrons. The van der Waals surface area contributed by atoms with Crippen LogP contribution in [0.25, 0.3) is 0 Å². The van der Waals surface area contributed by atoms with Gasteiger partial charge in [-0.1, -0.05) is 0 Å². The molecule has 0 bridgehead atoms. The number of ether oxygens (including phenoxy) is 2.